The average Bonchev–Trinajstić information content (AvgIpc) is 2.70. The number of nitrogens with zero attached hydrogens (tertiary/aromatic N) is 2. The van der Waals surface area contributed by atoms with E-state index >= 15 is 0 Å². The summed E-state index contributed by atoms with van der Waals surface area (Å²) >= 11 is 5.92. The fourth-order valence-corrected chi connectivity index (χ4v) is 2.66. The third kappa shape index (κ3) is 3.23. The van der Waals surface area contributed by atoms with Crippen molar-refractivity contribution in [3.05, 3.63) is 16.9 Å². The van der Waals surface area contributed by atoms with Gasteiger partial charge in [-0.1, -0.05) is 11.6 Å². The minimum absolute atomic E-state index is 0.142. The summed E-state index contributed by atoms with van der Waals surface area (Å²) in [5.74, 6) is -0.142. The molecular weight excluding hydrogens is 252 g/mol. The first kappa shape index (κ1) is 13.4. The molecule has 1 aliphatic heterocycles. The van der Waals surface area contributed by atoms with E-state index in [1.54, 1.807) is 11.9 Å². The van der Waals surface area contributed by atoms with Gasteiger partial charge in [-0.25, -0.2) is 0 Å². The molecule has 0 radical (unpaired) electrons. The molecule has 0 atom stereocenters. The highest BCUT2D eigenvalue weighted by molar-refractivity contribution is 6.33. The van der Waals surface area contributed by atoms with Gasteiger partial charge in [0, 0.05) is 7.05 Å². The van der Waals surface area contributed by atoms with Crippen LogP contribution in [0.1, 0.15) is 29.8 Å². The van der Waals surface area contributed by atoms with Gasteiger partial charge in [-0.2, -0.15) is 5.10 Å². The number of nitrogens with one attached hydrogen (secondary N) is 2. The molecule has 0 aliphatic carbocycles. The second kappa shape index (κ2) is 6.20. The lowest BCUT2D eigenvalue weighted by Gasteiger charge is -2.23. The molecule has 6 heteroatoms. The summed E-state index contributed by atoms with van der Waals surface area (Å²) in [7, 11) is 1.72. The molecule has 2 heterocycles. The van der Waals surface area contributed by atoms with E-state index in [1.165, 1.54) is 43.2 Å². The van der Waals surface area contributed by atoms with Gasteiger partial charge in [-0.05, 0) is 19.3 Å². The number of likely N-dealkylation sites (tertiary alicyclic amines) is 1. The van der Waals surface area contributed by atoms with Gasteiger partial charge in [0.15, 0.2) is 0 Å². The smallest absolute Gasteiger partial charge is 0.271 e. The Morgan fingerprint density at radius 1 is 1.50 bits per heavy atom. The number of carbonyl (C=O) groups is 1. The molecule has 0 saturated carbocycles. The molecule has 1 fully saturated rings. The van der Waals surface area contributed by atoms with Crippen molar-refractivity contribution < 1.29 is 9.69 Å². The predicted octanol–water partition coefficient (Wildman–Crippen LogP) is -0.128. The van der Waals surface area contributed by atoms with Crippen LogP contribution in [0, 0.1) is 0 Å². The van der Waals surface area contributed by atoms with Crippen molar-refractivity contribution in [3.8, 4) is 0 Å². The Balaban J connectivity index is 1.78. The van der Waals surface area contributed by atoms with E-state index in [2.05, 4.69) is 10.4 Å². The highest BCUT2D eigenvalue weighted by Gasteiger charge is 2.17. The lowest BCUT2D eigenvalue weighted by molar-refractivity contribution is -0.903. The number of aryl methyl sites for hydroxylation is 1. The Morgan fingerprint density at radius 3 is 2.83 bits per heavy atom. The molecule has 5 nitrogen and oxygen atoms in total. The van der Waals surface area contributed by atoms with Crippen LogP contribution >= 0.6 is 11.6 Å². The van der Waals surface area contributed by atoms with Crippen molar-refractivity contribution in [2.75, 3.05) is 26.2 Å². The lowest BCUT2D eigenvalue weighted by Crippen LogP contribution is -3.13. The van der Waals surface area contributed by atoms with Crippen LogP contribution in [0.2, 0.25) is 5.02 Å². The highest BCUT2D eigenvalue weighted by Crippen LogP contribution is 2.13. The Labute approximate surface area is 112 Å². The molecule has 1 aromatic rings. The lowest BCUT2D eigenvalue weighted by atomic mass is 10.1. The van der Waals surface area contributed by atoms with Crippen molar-refractivity contribution in [1.29, 1.82) is 0 Å². The summed E-state index contributed by atoms with van der Waals surface area (Å²) < 4.78 is 1.51. The second-order valence-corrected chi connectivity index (χ2v) is 5.19. The third-order valence-electron chi connectivity index (χ3n) is 3.43. The number of piperidine rings is 1. The van der Waals surface area contributed by atoms with Crippen LogP contribution in [-0.4, -0.2) is 41.9 Å². The average molecular weight is 272 g/mol. The zero-order valence-corrected chi connectivity index (χ0v) is 11.5. The molecule has 1 aromatic heterocycles. The first-order chi connectivity index (χ1) is 8.68. The first-order valence-corrected chi connectivity index (χ1v) is 6.85. The summed E-state index contributed by atoms with van der Waals surface area (Å²) in [4.78, 5) is 13.5. The molecule has 0 spiro atoms. The van der Waals surface area contributed by atoms with Crippen LogP contribution in [-0.2, 0) is 7.05 Å². The van der Waals surface area contributed by atoms with E-state index in [9.17, 15) is 4.79 Å². The zero-order chi connectivity index (χ0) is 13.0. The molecule has 18 heavy (non-hydrogen) atoms. The van der Waals surface area contributed by atoms with E-state index in [-0.39, 0.29) is 5.91 Å². The molecule has 0 aromatic carbocycles. The van der Waals surface area contributed by atoms with E-state index in [0.29, 0.717) is 17.3 Å². The minimum Gasteiger partial charge on any atom is -0.345 e. The molecule has 0 bridgehead atoms. The number of hydrogen-bond acceptors (Lipinski definition) is 2. The van der Waals surface area contributed by atoms with Gasteiger partial charge in [0.1, 0.15) is 5.69 Å². The number of amides is 1. The molecule has 2 rings (SSSR count). The maximum Gasteiger partial charge on any atom is 0.271 e. The number of aromatic nitrogens is 2. The van der Waals surface area contributed by atoms with E-state index in [4.69, 9.17) is 11.6 Å². The summed E-state index contributed by atoms with van der Waals surface area (Å²) in [6, 6.07) is 0. The predicted molar refractivity (Wildman–Crippen MR) is 70.0 cm³/mol. The van der Waals surface area contributed by atoms with Crippen LogP contribution in [0.3, 0.4) is 0 Å². The van der Waals surface area contributed by atoms with Gasteiger partial charge in [0.2, 0.25) is 0 Å². The molecule has 100 valence electrons. The quantitative estimate of drug-likeness (QED) is 0.802. The van der Waals surface area contributed by atoms with Crippen molar-refractivity contribution in [3.63, 3.8) is 0 Å². The summed E-state index contributed by atoms with van der Waals surface area (Å²) in [5.41, 5.74) is 0.435. The number of quaternary nitrogens is 1. The second-order valence-electron chi connectivity index (χ2n) is 4.78. The molecule has 1 aliphatic rings. The van der Waals surface area contributed by atoms with Crippen molar-refractivity contribution in [2.45, 2.75) is 19.3 Å². The summed E-state index contributed by atoms with van der Waals surface area (Å²) in [6.45, 7) is 4.13. The van der Waals surface area contributed by atoms with Gasteiger partial charge in [0.05, 0.1) is 37.4 Å². The van der Waals surface area contributed by atoms with Crippen LogP contribution in [0.25, 0.3) is 0 Å². The van der Waals surface area contributed by atoms with Crippen molar-refractivity contribution in [1.82, 2.24) is 15.1 Å². The fraction of sp³-hybridized carbons (Fsp3) is 0.667. The van der Waals surface area contributed by atoms with Crippen LogP contribution in [0.15, 0.2) is 6.20 Å². The van der Waals surface area contributed by atoms with E-state index in [1.807, 2.05) is 0 Å². The SMILES string of the molecule is Cn1ncc(Cl)c1C(=O)NCC[NH+]1CCCCC1. The minimum atomic E-state index is -0.142. The van der Waals surface area contributed by atoms with E-state index < -0.39 is 0 Å². The number of carbonyl (C=O) groups excluding carboxylic acids is 1. The maximum absolute atomic E-state index is 11.9. The maximum atomic E-state index is 11.9. The Bertz CT molecular complexity index is 393. The fourth-order valence-electron chi connectivity index (χ4n) is 2.40. The van der Waals surface area contributed by atoms with Crippen LogP contribution in [0.4, 0.5) is 0 Å². The molecule has 1 amide bonds. The number of rotatable bonds is 4. The first-order valence-electron chi connectivity index (χ1n) is 6.48. The van der Waals surface area contributed by atoms with Gasteiger partial charge in [-0.3, -0.25) is 9.48 Å². The Hall–Kier alpha value is -1.07. The third-order valence-corrected chi connectivity index (χ3v) is 3.71. The van der Waals surface area contributed by atoms with Gasteiger partial charge in [-0.15, -0.1) is 0 Å². The number of halogens is 1. The van der Waals surface area contributed by atoms with Crippen LogP contribution in [0.5, 0.6) is 0 Å². The topological polar surface area (TPSA) is 51.4 Å². The standard InChI is InChI=1S/C12H19ClN4O/c1-16-11(10(13)9-15-16)12(18)14-5-8-17-6-3-2-4-7-17/h9H,2-8H2,1H3,(H,14,18)/p+1. The number of hydrogen-bond donors (Lipinski definition) is 2. The van der Waals surface area contributed by atoms with Crippen molar-refractivity contribution >= 4 is 17.5 Å². The summed E-state index contributed by atoms with van der Waals surface area (Å²) in [6.07, 6.45) is 5.44. The van der Waals surface area contributed by atoms with Gasteiger partial charge >= 0.3 is 0 Å². The van der Waals surface area contributed by atoms with Crippen LogP contribution < -0.4 is 10.2 Å². The zero-order valence-electron chi connectivity index (χ0n) is 10.7. The van der Waals surface area contributed by atoms with Gasteiger partial charge < -0.3 is 10.2 Å². The normalized spacial score (nSPS) is 16.8. The largest absolute Gasteiger partial charge is 0.345 e. The molecule has 0 unspecified atom stereocenters. The highest BCUT2D eigenvalue weighted by atomic mass is 35.5. The van der Waals surface area contributed by atoms with E-state index in [0.717, 1.165) is 6.54 Å². The van der Waals surface area contributed by atoms with Gasteiger partial charge in [0.25, 0.3) is 5.91 Å². The monoisotopic (exact) mass is 271 g/mol. The van der Waals surface area contributed by atoms with Crippen molar-refractivity contribution in [2.24, 2.45) is 7.05 Å². The Morgan fingerprint density at radius 2 is 2.22 bits per heavy atom. The Kier molecular flexibility index (Phi) is 4.60. The summed E-state index contributed by atoms with van der Waals surface area (Å²) in [5, 5.41) is 7.27. The molecule has 1 saturated heterocycles. The molecule has 2 N–H and O–H groups in total. The molecular formula is C12H20ClN4O+.